The lowest BCUT2D eigenvalue weighted by atomic mass is 10.1. The van der Waals surface area contributed by atoms with Gasteiger partial charge in [-0.3, -0.25) is 4.79 Å². The number of nitrogens with one attached hydrogen (secondary N) is 1. The molecule has 1 saturated heterocycles. The summed E-state index contributed by atoms with van der Waals surface area (Å²) in [6.45, 7) is 1.06. The van der Waals surface area contributed by atoms with Gasteiger partial charge < -0.3 is 24.4 Å². The lowest BCUT2D eigenvalue weighted by Crippen LogP contribution is -2.22. The molecule has 0 saturated carbocycles. The predicted octanol–water partition coefficient (Wildman–Crippen LogP) is 4.12. The highest BCUT2D eigenvalue weighted by molar-refractivity contribution is 6.06. The molecule has 32 heavy (non-hydrogen) atoms. The molecule has 7 nitrogen and oxygen atoms in total. The summed E-state index contributed by atoms with van der Waals surface area (Å²) in [5.41, 5.74) is -0.0810. The number of benzene rings is 2. The fourth-order valence-electron chi connectivity index (χ4n) is 3.36. The SMILES string of the molecule is COC(=O)COc1ccc(C(=O)Nc2cc(C(F)(F)F)ccc2N2CCCC2)cc1OC. The lowest BCUT2D eigenvalue weighted by molar-refractivity contribution is -0.143. The molecule has 1 heterocycles. The number of halogens is 3. The van der Waals surface area contributed by atoms with E-state index in [-0.39, 0.29) is 29.4 Å². The summed E-state index contributed by atoms with van der Waals surface area (Å²) in [6.07, 6.45) is -2.68. The zero-order valence-corrected chi connectivity index (χ0v) is 17.6. The molecular weight excluding hydrogens is 429 g/mol. The minimum atomic E-state index is -4.54. The van der Waals surface area contributed by atoms with Crippen molar-refractivity contribution >= 4 is 23.3 Å². The molecule has 0 bridgehead atoms. The molecule has 0 unspecified atom stereocenters. The molecule has 0 atom stereocenters. The molecule has 0 spiro atoms. The van der Waals surface area contributed by atoms with Gasteiger partial charge in [-0.15, -0.1) is 0 Å². The van der Waals surface area contributed by atoms with Crippen LogP contribution in [0.15, 0.2) is 36.4 Å². The van der Waals surface area contributed by atoms with Gasteiger partial charge in [0.2, 0.25) is 0 Å². The molecule has 1 N–H and O–H groups in total. The minimum absolute atomic E-state index is 0.0803. The van der Waals surface area contributed by atoms with Gasteiger partial charge in [0.05, 0.1) is 31.2 Å². The zero-order chi connectivity index (χ0) is 23.3. The minimum Gasteiger partial charge on any atom is -0.493 e. The predicted molar refractivity (Wildman–Crippen MR) is 111 cm³/mol. The van der Waals surface area contributed by atoms with Crippen LogP contribution in [0.5, 0.6) is 11.5 Å². The van der Waals surface area contributed by atoms with E-state index in [0.717, 1.165) is 25.0 Å². The number of ether oxygens (including phenoxy) is 3. The largest absolute Gasteiger partial charge is 0.493 e. The number of nitrogens with zero attached hydrogens (tertiary/aromatic N) is 1. The van der Waals surface area contributed by atoms with E-state index in [4.69, 9.17) is 9.47 Å². The van der Waals surface area contributed by atoms with Gasteiger partial charge in [0, 0.05) is 18.7 Å². The van der Waals surface area contributed by atoms with Crippen LogP contribution >= 0.6 is 0 Å². The Kier molecular flexibility index (Phi) is 7.12. The Morgan fingerprint density at radius 3 is 2.38 bits per heavy atom. The van der Waals surface area contributed by atoms with Crippen LogP contribution in [0.2, 0.25) is 0 Å². The number of methoxy groups -OCH3 is 2. The number of hydrogen-bond donors (Lipinski definition) is 1. The van der Waals surface area contributed by atoms with E-state index in [1.165, 1.54) is 38.5 Å². The van der Waals surface area contributed by atoms with Crippen LogP contribution in [0.25, 0.3) is 0 Å². The van der Waals surface area contributed by atoms with E-state index in [1.807, 2.05) is 4.90 Å². The van der Waals surface area contributed by atoms with Crippen molar-refractivity contribution in [3.63, 3.8) is 0 Å². The van der Waals surface area contributed by atoms with Gasteiger partial charge in [-0.05, 0) is 49.2 Å². The highest BCUT2D eigenvalue weighted by Crippen LogP contribution is 2.37. The Balaban J connectivity index is 1.86. The first-order valence-electron chi connectivity index (χ1n) is 9.88. The van der Waals surface area contributed by atoms with Gasteiger partial charge in [-0.1, -0.05) is 0 Å². The molecular formula is C22H23F3N2O5. The van der Waals surface area contributed by atoms with Crippen LogP contribution in [0.1, 0.15) is 28.8 Å². The number of hydrogen-bond acceptors (Lipinski definition) is 6. The summed E-state index contributed by atoms with van der Waals surface area (Å²) in [4.78, 5) is 26.1. The molecule has 0 aromatic heterocycles. The standard InChI is InChI=1S/C22H23F3N2O5/c1-30-19-11-14(5-8-18(19)32-13-20(28)31-2)21(29)26-16-12-15(22(23,24)25)6-7-17(16)27-9-3-4-10-27/h5-8,11-12H,3-4,9-10,13H2,1-2H3,(H,26,29). The zero-order valence-electron chi connectivity index (χ0n) is 17.6. The van der Waals surface area contributed by atoms with Crippen LogP contribution in [0.4, 0.5) is 24.5 Å². The second-order valence-corrected chi connectivity index (χ2v) is 7.11. The summed E-state index contributed by atoms with van der Waals surface area (Å²) in [6, 6.07) is 7.58. The number of esters is 1. The Morgan fingerprint density at radius 1 is 1.03 bits per heavy atom. The van der Waals surface area contributed by atoms with E-state index in [9.17, 15) is 22.8 Å². The summed E-state index contributed by atoms with van der Waals surface area (Å²) >= 11 is 0. The average molecular weight is 452 g/mol. The number of anilines is 2. The van der Waals surface area contributed by atoms with E-state index in [2.05, 4.69) is 10.1 Å². The Morgan fingerprint density at radius 2 is 1.75 bits per heavy atom. The maximum atomic E-state index is 13.2. The topological polar surface area (TPSA) is 77.1 Å². The van der Waals surface area contributed by atoms with Crippen molar-refractivity contribution in [1.29, 1.82) is 0 Å². The first-order valence-corrected chi connectivity index (χ1v) is 9.88. The van der Waals surface area contributed by atoms with Crippen LogP contribution in [-0.4, -0.2) is 45.8 Å². The smallest absolute Gasteiger partial charge is 0.416 e. The molecule has 1 fully saturated rings. The molecule has 1 aliphatic heterocycles. The monoisotopic (exact) mass is 452 g/mol. The summed E-state index contributed by atoms with van der Waals surface area (Å²) in [7, 11) is 2.58. The van der Waals surface area contributed by atoms with Crippen molar-refractivity contribution in [2.45, 2.75) is 19.0 Å². The number of rotatable bonds is 7. The fraction of sp³-hybridized carbons (Fsp3) is 0.364. The van der Waals surface area contributed by atoms with Gasteiger partial charge in [-0.2, -0.15) is 13.2 Å². The second-order valence-electron chi connectivity index (χ2n) is 7.11. The number of carbonyl (C=O) groups is 2. The molecule has 172 valence electrons. The van der Waals surface area contributed by atoms with Crippen molar-refractivity contribution in [2.24, 2.45) is 0 Å². The highest BCUT2D eigenvalue weighted by Gasteiger charge is 2.32. The van der Waals surface area contributed by atoms with E-state index in [0.29, 0.717) is 18.8 Å². The molecule has 3 rings (SSSR count). The average Bonchev–Trinajstić information content (AvgIpc) is 3.31. The summed E-state index contributed by atoms with van der Waals surface area (Å²) in [5, 5.41) is 2.60. The van der Waals surface area contributed by atoms with Gasteiger partial charge in [0.25, 0.3) is 5.91 Å². The maximum absolute atomic E-state index is 13.2. The van der Waals surface area contributed by atoms with Gasteiger partial charge in [0.1, 0.15) is 0 Å². The lowest BCUT2D eigenvalue weighted by Gasteiger charge is -2.23. The molecule has 10 heteroatoms. The molecule has 1 amide bonds. The molecule has 2 aromatic rings. The van der Waals surface area contributed by atoms with Gasteiger partial charge in [0.15, 0.2) is 18.1 Å². The normalized spacial score (nSPS) is 13.6. The molecule has 0 aliphatic carbocycles. The van der Waals surface area contributed by atoms with Gasteiger partial charge in [-0.25, -0.2) is 4.79 Å². The Hall–Kier alpha value is -3.43. The van der Waals surface area contributed by atoms with Crippen LogP contribution in [0, 0.1) is 0 Å². The maximum Gasteiger partial charge on any atom is 0.416 e. The van der Waals surface area contributed by atoms with Crippen LogP contribution in [-0.2, 0) is 15.7 Å². The van der Waals surface area contributed by atoms with Crippen LogP contribution < -0.4 is 19.7 Å². The third kappa shape index (κ3) is 5.43. The van der Waals surface area contributed by atoms with Crippen LogP contribution in [0.3, 0.4) is 0 Å². The van der Waals surface area contributed by atoms with Gasteiger partial charge >= 0.3 is 12.1 Å². The van der Waals surface area contributed by atoms with Crippen molar-refractivity contribution in [2.75, 3.05) is 44.1 Å². The Labute approximate surface area is 183 Å². The number of amides is 1. The third-order valence-corrected chi connectivity index (χ3v) is 5.02. The third-order valence-electron chi connectivity index (χ3n) is 5.02. The number of carbonyl (C=O) groups excluding carboxylic acids is 2. The number of alkyl halides is 3. The first kappa shape index (κ1) is 23.2. The Bertz CT molecular complexity index is 988. The van der Waals surface area contributed by atoms with E-state index >= 15 is 0 Å². The van der Waals surface area contributed by atoms with E-state index < -0.39 is 23.6 Å². The second kappa shape index (κ2) is 9.80. The first-order chi connectivity index (χ1) is 15.2. The van der Waals surface area contributed by atoms with E-state index in [1.54, 1.807) is 0 Å². The molecule has 1 aliphatic rings. The van der Waals surface area contributed by atoms with Crippen molar-refractivity contribution < 1.29 is 37.0 Å². The summed E-state index contributed by atoms with van der Waals surface area (Å²) in [5.74, 6) is -0.799. The fourth-order valence-corrected chi connectivity index (χ4v) is 3.36. The van der Waals surface area contributed by atoms with Crippen molar-refractivity contribution in [3.05, 3.63) is 47.5 Å². The quantitative estimate of drug-likeness (QED) is 0.637. The van der Waals surface area contributed by atoms with Crippen molar-refractivity contribution in [1.82, 2.24) is 0 Å². The summed E-state index contributed by atoms with van der Waals surface area (Å²) < 4.78 is 54.8. The highest BCUT2D eigenvalue weighted by atomic mass is 19.4. The molecule has 2 aromatic carbocycles. The molecule has 0 radical (unpaired) electrons. The van der Waals surface area contributed by atoms with Crippen molar-refractivity contribution in [3.8, 4) is 11.5 Å².